The summed E-state index contributed by atoms with van der Waals surface area (Å²) in [5, 5.41) is 3.39. The van der Waals surface area contributed by atoms with Crippen molar-refractivity contribution in [3.63, 3.8) is 0 Å². The average molecular weight is 247 g/mol. The summed E-state index contributed by atoms with van der Waals surface area (Å²) in [5.41, 5.74) is 1.37. The molecule has 1 N–H and O–H groups in total. The van der Waals surface area contributed by atoms with Crippen LogP contribution in [0.1, 0.15) is 31.7 Å². The van der Waals surface area contributed by atoms with Gasteiger partial charge in [0.15, 0.2) is 0 Å². The smallest absolute Gasteiger partial charge is 0.118 e. The van der Waals surface area contributed by atoms with Crippen LogP contribution in [0.5, 0.6) is 5.75 Å². The van der Waals surface area contributed by atoms with Crippen LogP contribution in [-0.2, 0) is 6.42 Å². The maximum absolute atomic E-state index is 5.14. The summed E-state index contributed by atoms with van der Waals surface area (Å²) in [4.78, 5) is 0. The summed E-state index contributed by atoms with van der Waals surface area (Å²) in [6.45, 7) is 4.41. The summed E-state index contributed by atoms with van der Waals surface area (Å²) < 4.78 is 5.14. The van der Waals surface area contributed by atoms with Gasteiger partial charge in [0.05, 0.1) is 7.11 Å². The van der Waals surface area contributed by atoms with Gasteiger partial charge >= 0.3 is 0 Å². The van der Waals surface area contributed by atoms with E-state index >= 15 is 0 Å². The molecule has 0 heterocycles. The van der Waals surface area contributed by atoms with Crippen LogP contribution in [0.2, 0.25) is 0 Å². The van der Waals surface area contributed by atoms with Crippen molar-refractivity contribution in [3.05, 3.63) is 42.0 Å². The van der Waals surface area contributed by atoms with Crippen molar-refractivity contribution in [1.29, 1.82) is 0 Å². The van der Waals surface area contributed by atoms with Gasteiger partial charge in [-0.05, 0) is 56.5 Å². The highest BCUT2D eigenvalue weighted by atomic mass is 16.5. The van der Waals surface area contributed by atoms with Gasteiger partial charge in [-0.3, -0.25) is 0 Å². The van der Waals surface area contributed by atoms with Crippen molar-refractivity contribution in [2.24, 2.45) is 0 Å². The molecule has 0 amide bonds. The third kappa shape index (κ3) is 6.45. The predicted octanol–water partition coefficient (Wildman–Crippen LogP) is 3.57. The number of ether oxygens (including phenoxy) is 1. The number of methoxy groups -OCH3 is 1. The van der Waals surface area contributed by atoms with E-state index in [1.54, 1.807) is 7.11 Å². The standard InChI is InChI=1S/C16H25NO/c1-3-13-17-14-7-5-4-6-8-15-9-11-16(18-2)12-10-15/h4-5,9-12,17H,3,6-8,13-14H2,1-2H3. The summed E-state index contributed by atoms with van der Waals surface area (Å²) in [6, 6.07) is 8.31. The molecule has 1 aromatic carbocycles. The average Bonchev–Trinajstić information content (AvgIpc) is 2.42. The van der Waals surface area contributed by atoms with Crippen LogP contribution < -0.4 is 10.1 Å². The second-order valence-electron chi connectivity index (χ2n) is 4.40. The maximum atomic E-state index is 5.14. The topological polar surface area (TPSA) is 21.3 Å². The molecule has 0 fully saturated rings. The number of hydrogen-bond acceptors (Lipinski definition) is 2. The Morgan fingerprint density at radius 1 is 1.06 bits per heavy atom. The van der Waals surface area contributed by atoms with E-state index in [0.29, 0.717) is 0 Å². The Morgan fingerprint density at radius 3 is 2.44 bits per heavy atom. The van der Waals surface area contributed by atoms with Gasteiger partial charge in [0.2, 0.25) is 0 Å². The molecule has 0 bridgehead atoms. The lowest BCUT2D eigenvalue weighted by molar-refractivity contribution is 0.414. The lowest BCUT2D eigenvalue weighted by atomic mass is 10.1. The lowest BCUT2D eigenvalue weighted by Gasteiger charge is -2.01. The van der Waals surface area contributed by atoms with Gasteiger partial charge in [-0.15, -0.1) is 0 Å². The first-order chi connectivity index (χ1) is 8.86. The number of rotatable bonds is 9. The van der Waals surface area contributed by atoms with E-state index in [4.69, 9.17) is 4.74 Å². The fourth-order valence-electron chi connectivity index (χ4n) is 1.77. The highest BCUT2D eigenvalue weighted by Crippen LogP contribution is 2.12. The number of nitrogens with one attached hydrogen (secondary N) is 1. The molecule has 0 aliphatic rings. The zero-order chi connectivity index (χ0) is 13.1. The van der Waals surface area contributed by atoms with Gasteiger partial charge in [0.1, 0.15) is 5.75 Å². The molecule has 100 valence electrons. The molecule has 0 aromatic heterocycles. The molecular formula is C16H25NO. The van der Waals surface area contributed by atoms with Gasteiger partial charge in [-0.25, -0.2) is 0 Å². The first kappa shape index (κ1) is 14.8. The monoisotopic (exact) mass is 247 g/mol. The Balaban J connectivity index is 2.11. The van der Waals surface area contributed by atoms with Crippen molar-refractivity contribution >= 4 is 0 Å². The summed E-state index contributed by atoms with van der Waals surface area (Å²) >= 11 is 0. The van der Waals surface area contributed by atoms with Crippen molar-refractivity contribution < 1.29 is 4.74 Å². The van der Waals surface area contributed by atoms with E-state index in [-0.39, 0.29) is 0 Å². The Hall–Kier alpha value is -1.28. The number of allylic oxidation sites excluding steroid dienone is 1. The van der Waals surface area contributed by atoms with Gasteiger partial charge in [0.25, 0.3) is 0 Å². The molecular weight excluding hydrogens is 222 g/mol. The minimum absolute atomic E-state index is 0.927. The van der Waals surface area contributed by atoms with E-state index < -0.39 is 0 Å². The van der Waals surface area contributed by atoms with Crippen LogP contribution in [-0.4, -0.2) is 20.2 Å². The number of hydrogen-bond donors (Lipinski definition) is 1. The van der Waals surface area contributed by atoms with E-state index in [9.17, 15) is 0 Å². The normalized spacial score (nSPS) is 11.0. The molecule has 0 aliphatic heterocycles. The lowest BCUT2D eigenvalue weighted by Crippen LogP contribution is -2.14. The second kappa shape index (κ2) is 9.72. The third-order valence-electron chi connectivity index (χ3n) is 2.84. The van der Waals surface area contributed by atoms with Crippen LogP contribution in [0.3, 0.4) is 0 Å². The predicted molar refractivity (Wildman–Crippen MR) is 78.2 cm³/mol. The molecule has 0 saturated heterocycles. The van der Waals surface area contributed by atoms with Crippen molar-refractivity contribution in [2.45, 2.75) is 32.6 Å². The molecule has 0 unspecified atom stereocenters. The first-order valence-corrected chi connectivity index (χ1v) is 6.85. The number of benzene rings is 1. The minimum atomic E-state index is 0.927. The highest BCUT2D eigenvalue weighted by molar-refractivity contribution is 5.27. The van der Waals surface area contributed by atoms with Crippen LogP contribution in [0.25, 0.3) is 0 Å². The Morgan fingerprint density at radius 2 is 1.78 bits per heavy atom. The van der Waals surface area contributed by atoms with E-state index in [0.717, 1.165) is 38.1 Å². The fraction of sp³-hybridized carbons (Fsp3) is 0.500. The molecule has 0 atom stereocenters. The largest absolute Gasteiger partial charge is 0.497 e. The molecule has 2 heteroatoms. The summed E-state index contributed by atoms with van der Waals surface area (Å²) in [7, 11) is 1.70. The summed E-state index contributed by atoms with van der Waals surface area (Å²) in [5.74, 6) is 0.927. The highest BCUT2D eigenvalue weighted by Gasteiger charge is 1.92. The Bertz CT molecular complexity index is 329. The van der Waals surface area contributed by atoms with Crippen LogP contribution in [0.4, 0.5) is 0 Å². The molecule has 1 rings (SSSR count). The summed E-state index contributed by atoms with van der Waals surface area (Å²) in [6.07, 6.45) is 9.09. The van der Waals surface area contributed by atoms with Crippen LogP contribution >= 0.6 is 0 Å². The van der Waals surface area contributed by atoms with Gasteiger partial charge in [-0.2, -0.15) is 0 Å². The number of aryl methyl sites for hydroxylation is 1. The third-order valence-corrected chi connectivity index (χ3v) is 2.84. The zero-order valence-electron chi connectivity index (χ0n) is 11.6. The minimum Gasteiger partial charge on any atom is -0.497 e. The van der Waals surface area contributed by atoms with Gasteiger partial charge in [-0.1, -0.05) is 31.2 Å². The molecule has 0 saturated carbocycles. The van der Waals surface area contributed by atoms with Crippen LogP contribution in [0, 0.1) is 0 Å². The fourth-order valence-corrected chi connectivity index (χ4v) is 1.77. The molecule has 0 aliphatic carbocycles. The molecule has 18 heavy (non-hydrogen) atoms. The van der Waals surface area contributed by atoms with Crippen LogP contribution in [0.15, 0.2) is 36.4 Å². The molecule has 1 aromatic rings. The maximum Gasteiger partial charge on any atom is 0.118 e. The van der Waals surface area contributed by atoms with Crippen molar-refractivity contribution in [3.8, 4) is 5.75 Å². The van der Waals surface area contributed by atoms with E-state index in [2.05, 4.69) is 36.5 Å². The molecule has 2 nitrogen and oxygen atoms in total. The van der Waals surface area contributed by atoms with E-state index in [1.165, 1.54) is 12.0 Å². The van der Waals surface area contributed by atoms with Gasteiger partial charge < -0.3 is 10.1 Å². The van der Waals surface area contributed by atoms with Crippen molar-refractivity contribution in [1.82, 2.24) is 5.32 Å². The van der Waals surface area contributed by atoms with Crippen molar-refractivity contribution in [2.75, 3.05) is 20.2 Å². The molecule has 0 spiro atoms. The zero-order valence-corrected chi connectivity index (χ0v) is 11.6. The Labute approximate surface area is 111 Å². The second-order valence-corrected chi connectivity index (χ2v) is 4.40. The van der Waals surface area contributed by atoms with E-state index in [1.807, 2.05) is 12.1 Å². The molecule has 0 radical (unpaired) electrons. The van der Waals surface area contributed by atoms with Gasteiger partial charge in [0, 0.05) is 0 Å². The Kier molecular flexibility index (Phi) is 7.98. The SMILES string of the molecule is CCCNCCC=CCCc1ccc(OC)cc1. The quantitative estimate of drug-likeness (QED) is 0.532. The first-order valence-electron chi connectivity index (χ1n) is 6.85.